The monoisotopic (exact) mass is 225 g/mol. The van der Waals surface area contributed by atoms with Crippen molar-refractivity contribution in [2.45, 2.75) is 45.1 Å². The highest BCUT2D eigenvalue weighted by molar-refractivity contribution is 6.09. The second-order valence-electron chi connectivity index (χ2n) is 4.93. The van der Waals surface area contributed by atoms with E-state index in [9.17, 15) is 4.79 Å². The van der Waals surface area contributed by atoms with Crippen LogP contribution in [0.2, 0.25) is 0 Å². The molecule has 90 valence electrons. The lowest BCUT2D eigenvalue weighted by Crippen LogP contribution is -2.42. The van der Waals surface area contributed by atoms with Crippen LogP contribution in [0, 0.1) is 11.3 Å². The van der Waals surface area contributed by atoms with E-state index >= 15 is 0 Å². The summed E-state index contributed by atoms with van der Waals surface area (Å²) in [4.78, 5) is 11.9. The van der Waals surface area contributed by atoms with Crippen molar-refractivity contribution in [3.63, 3.8) is 0 Å². The maximum Gasteiger partial charge on any atom is 0.234 e. The molecule has 0 saturated heterocycles. The number of rotatable bonds is 5. The van der Waals surface area contributed by atoms with E-state index in [0.29, 0.717) is 24.8 Å². The molecule has 0 aromatic carbocycles. The Morgan fingerprint density at radius 2 is 2.31 bits per heavy atom. The average molecular weight is 225 g/mol. The Morgan fingerprint density at radius 1 is 1.62 bits per heavy atom. The van der Waals surface area contributed by atoms with Crippen molar-refractivity contribution >= 4 is 11.7 Å². The third kappa shape index (κ3) is 1.86. The lowest BCUT2D eigenvalue weighted by Gasteiger charge is -2.13. The summed E-state index contributed by atoms with van der Waals surface area (Å²) >= 11 is 0. The second-order valence-corrected chi connectivity index (χ2v) is 4.93. The van der Waals surface area contributed by atoms with Gasteiger partial charge < -0.3 is 16.3 Å². The predicted molar refractivity (Wildman–Crippen MR) is 60.0 cm³/mol. The highest BCUT2D eigenvalue weighted by atomic mass is 16.4. The Morgan fingerprint density at radius 3 is 2.81 bits per heavy atom. The zero-order valence-corrected chi connectivity index (χ0v) is 9.57. The smallest absolute Gasteiger partial charge is 0.234 e. The zero-order chi connectivity index (χ0) is 11.8. The lowest BCUT2D eigenvalue weighted by molar-refractivity contribution is -0.124. The number of hydrogen-bond acceptors (Lipinski definition) is 3. The summed E-state index contributed by atoms with van der Waals surface area (Å²) in [5.41, 5.74) is 4.84. The summed E-state index contributed by atoms with van der Waals surface area (Å²) in [6.07, 6.45) is 4.79. The number of nitrogens with two attached hydrogens (primary N) is 1. The summed E-state index contributed by atoms with van der Waals surface area (Å²) in [6, 6.07) is 0.316. The first-order valence-electron chi connectivity index (χ1n) is 5.93. The molecule has 2 atom stereocenters. The van der Waals surface area contributed by atoms with Crippen LogP contribution in [0.3, 0.4) is 0 Å². The van der Waals surface area contributed by atoms with Crippen molar-refractivity contribution in [2.75, 3.05) is 0 Å². The van der Waals surface area contributed by atoms with Gasteiger partial charge in [-0.2, -0.15) is 0 Å². The van der Waals surface area contributed by atoms with Crippen LogP contribution in [-0.2, 0) is 4.79 Å². The molecule has 2 fully saturated rings. The van der Waals surface area contributed by atoms with Crippen molar-refractivity contribution in [1.82, 2.24) is 5.32 Å². The second kappa shape index (κ2) is 3.96. The molecule has 2 aliphatic rings. The molecule has 5 heteroatoms. The van der Waals surface area contributed by atoms with Gasteiger partial charge in [0.2, 0.25) is 5.91 Å². The maximum atomic E-state index is 11.9. The van der Waals surface area contributed by atoms with Crippen molar-refractivity contribution < 1.29 is 10.0 Å². The largest absolute Gasteiger partial charge is 0.409 e. The van der Waals surface area contributed by atoms with Gasteiger partial charge >= 0.3 is 0 Å². The van der Waals surface area contributed by atoms with Crippen LogP contribution in [-0.4, -0.2) is 23.0 Å². The SMILES string of the molecule is CCCC1CC1NC(=O)C1(C(N)=NO)CC1. The first kappa shape index (κ1) is 11.2. The van der Waals surface area contributed by atoms with Crippen LogP contribution in [0.25, 0.3) is 0 Å². The van der Waals surface area contributed by atoms with Crippen molar-refractivity contribution in [3.8, 4) is 0 Å². The fourth-order valence-corrected chi connectivity index (χ4v) is 2.24. The maximum absolute atomic E-state index is 11.9. The number of carbonyl (C=O) groups is 1. The van der Waals surface area contributed by atoms with Gasteiger partial charge in [0.1, 0.15) is 5.41 Å². The van der Waals surface area contributed by atoms with Crippen LogP contribution in [0.1, 0.15) is 39.0 Å². The fourth-order valence-electron chi connectivity index (χ4n) is 2.24. The van der Waals surface area contributed by atoms with E-state index in [2.05, 4.69) is 17.4 Å². The number of oxime groups is 1. The third-order valence-corrected chi connectivity index (χ3v) is 3.68. The molecule has 2 rings (SSSR count). The van der Waals surface area contributed by atoms with Crippen molar-refractivity contribution in [3.05, 3.63) is 0 Å². The minimum Gasteiger partial charge on any atom is -0.409 e. The summed E-state index contributed by atoms with van der Waals surface area (Å²) in [5, 5.41) is 14.6. The number of carbonyl (C=O) groups excluding carboxylic acids is 1. The number of nitrogens with one attached hydrogen (secondary N) is 1. The van der Waals surface area contributed by atoms with Crippen LogP contribution in [0.5, 0.6) is 0 Å². The molecular weight excluding hydrogens is 206 g/mol. The Kier molecular flexibility index (Phi) is 2.78. The molecule has 0 aliphatic heterocycles. The standard InChI is InChI=1S/C11H19N3O2/c1-2-3-7-6-8(7)13-10(15)11(4-5-11)9(12)14-16/h7-8,16H,2-6H2,1H3,(H2,12,14)(H,13,15). The minimum absolute atomic E-state index is 0.0534. The van der Waals surface area contributed by atoms with Gasteiger partial charge in [-0.15, -0.1) is 0 Å². The van der Waals surface area contributed by atoms with E-state index in [1.807, 2.05) is 0 Å². The lowest BCUT2D eigenvalue weighted by atomic mass is 10.1. The van der Waals surface area contributed by atoms with Crippen molar-refractivity contribution in [2.24, 2.45) is 22.2 Å². The molecule has 0 spiro atoms. The number of hydrogen-bond donors (Lipinski definition) is 3. The molecule has 4 N–H and O–H groups in total. The molecule has 2 saturated carbocycles. The van der Waals surface area contributed by atoms with E-state index in [4.69, 9.17) is 10.9 Å². The number of nitrogens with zero attached hydrogens (tertiary/aromatic N) is 1. The Bertz CT molecular complexity index is 323. The quantitative estimate of drug-likeness (QED) is 0.280. The molecule has 5 nitrogen and oxygen atoms in total. The first-order valence-corrected chi connectivity index (χ1v) is 5.93. The summed E-state index contributed by atoms with van der Waals surface area (Å²) in [5.74, 6) is 0.626. The zero-order valence-electron chi connectivity index (χ0n) is 9.57. The molecule has 2 aliphatic carbocycles. The highest BCUT2D eigenvalue weighted by Gasteiger charge is 2.55. The summed E-state index contributed by atoms with van der Waals surface area (Å²) in [6.45, 7) is 2.15. The summed E-state index contributed by atoms with van der Waals surface area (Å²) < 4.78 is 0. The van der Waals surface area contributed by atoms with Gasteiger partial charge in [-0.1, -0.05) is 18.5 Å². The van der Waals surface area contributed by atoms with Crippen molar-refractivity contribution in [1.29, 1.82) is 0 Å². The van der Waals surface area contributed by atoms with Gasteiger partial charge in [0.05, 0.1) is 0 Å². The number of amides is 1. The Labute approximate surface area is 95.1 Å². The summed E-state index contributed by atoms with van der Waals surface area (Å²) in [7, 11) is 0. The van der Waals surface area contributed by atoms with Gasteiger partial charge in [-0.3, -0.25) is 4.79 Å². The van der Waals surface area contributed by atoms with E-state index in [-0.39, 0.29) is 11.7 Å². The van der Waals surface area contributed by atoms with E-state index in [0.717, 1.165) is 12.8 Å². The minimum atomic E-state index is -0.700. The van der Waals surface area contributed by atoms with Crippen LogP contribution in [0.4, 0.5) is 0 Å². The van der Waals surface area contributed by atoms with Gasteiger partial charge in [-0.05, 0) is 31.6 Å². The highest BCUT2D eigenvalue weighted by Crippen LogP contribution is 2.47. The van der Waals surface area contributed by atoms with Gasteiger partial charge in [0.15, 0.2) is 5.84 Å². The van der Waals surface area contributed by atoms with Crippen LogP contribution in [0.15, 0.2) is 5.16 Å². The van der Waals surface area contributed by atoms with Crippen LogP contribution < -0.4 is 11.1 Å². The molecule has 16 heavy (non-hydrogen) atoms. The first-order chi connectivity index (χ1) is 7.64. The van der Waals surface area contributed by atoms with Gasteiger partial charge in [0.25, 0.3) is 0 Å². The van der Waals surface area contributed by atoms with E-state index < -0.39 is 5.41 Å². The molecule has 0 aromatic heterocycles. The molecular formula is C11H19N3O2. The predicted octanol–water partition coefficient (Wildman–Crippen LogP) is 0.818. The van der Waals surface area contributed by atoms with Crippen LogP contribution >= 0.6 is 0 Å². The van der Waals surface area contributed by atoms with Gasteiger partial charge in [-0.25, -0.2) is 0 Å². The van der Waals surface area contributed by atoms with E-state index in [1.165, 1.54) is 6.42 Å². The molecule has 0 bridgehead atoms. The third-order valence-electron chi connectivity index (χ3n) is 3.68. The van der Waals surface area contributed by atoms with Gasteiger partial charge in [0, 0.05) is 6.04 Å². The molecule has 0 aromatic rings. The normalized spacial score (nSPS) is 30.9. The molecule has 0 radical (unpaired) electrons. The molecule has 0 heterocycles. The Hall–Kier alpha value is -1.26. The molecule has 2 unspecified atom stereocenters. The average Bonchev–Trinajstić information content (AvgIpc) is 3.13. The van der Waals surface area contributed by atoms with E-state index in [1.54, 1.807) is 0 Å². The topological polar surface area (TPSA) is 87.7 Å². The number of amidine groups is 1. The molecule has 1 amide bonds. The fraction of sp³-hybridized carbons (Fsp3) is 0.818. The Balaban J connectivity index is 1.86.